The number of rotatable bonds is 11. The molecule has 3 aromatic carbocycles. The van der Waals surface area contributed by atoms with Crippen molar-refractivity contribution in [1.82, 2.24) is 10.2 Å². The van der Waals surface area contributed by atoms with Gasteiger partial charge < -0.3 is 25.0 Å². The Bertz CT molecular complexity index is 1390. The van der Waals surface area contributed by atoms with Crippen LogP contribution in [0.1, 0.15) is 56.3 Å². The highest BCUT2D eigenvalue weighted by atomic mass is 16.6. The number of anilines is 1. The lowest BCUT2D eigenvalue weighted by atomic mass is 9.98. The molecular weight excluding hydrogens is 530 g/mol. The highest BCUT2D eigenvalue weighted by molar-refractivity contribution is 5.99. The maximum absolute atomic E-state index is 14.5. The van der Waals surface area contributed by atoms with Crippen LogP contribution in [0.3, 0.4) is 0 Å². The fourth-order valence-electron chi connectivity index (χ4n) is 4.73. The van der Waals surface area contributed by atoms with Crippen LogP contribution in [0.2, 0.25) is 0 Å². The van der Waals surface area contributed by atoms with Gasteiger partial charge in [0.1, 0.15) is 23.4 Å². The number of ether oxygens (including phenoxy) is 2. The lowest BCUT2D eigenvalue weighted by molar-refractivity contribution is -0.141. The average molecular weight is 570 g/mol. The van der Waals surface area contributed by atoms with Gasteiger partial charge >= 0.3 is 6.09 Å². The highest BCUT2D eigenvalue weighted by Crippen LogP contribution is 2.37. The number of carbonyl (C=O) groups excluding carboxylic acids is 3. The van der Waals surface area contributed by atoms with Crippen molar-refractivity contribution >= 4 is 29.7 Å². The van der Waals surface area contributed by atoms with Crippen molar-refractivity contribution in [1.29, 1.82) is 0 Å². The number of carbonyl (C=O) groups is 3. The Morgan fingerprint density at radius 1 is 1.00 bits per heavy atom. The standard InChI is InChI=1S/C34H39N3O5/c1-6-23-13-10-14-25(21-23)30(31(38)35-26-15-19-28(41-5)20-16-26)37(27-17-18-27)32(39)29(22-24-11-8-7-9-12-24)36-33(40)42-34(2,3)4/h6-16,19-21,27,29-30H,1,17-18,22H2,2-5H3,(H,35,38)(H,36,40). The van der Waals surface area contributed by atoms with Crippen LogP contribution in [0.5, 0.6) is 5.75 Å². The summed E-state index contributed by atoms with van der Waals surface area (Å²) in [4.78, 5) is 43.1. The minimum absolute atomic E-state index is 0.157. The number of hydrogen-bond acceptors (Lipinski definition) is 5. The van der Waals surface area contributed by atoms with Crippen molar-refractivity contribution in [3.63, 3.8) is 0 Å². The van der Waals surface area contributed by atoms with Gasteiger partial charge in [0.25, 0.3) is 5.91 Å². The molecule has 0 saturated heterocycles. The van der Waals surface area contributed by atoms with Crippen LogP contribution in [-0.4, -0.2) is 47.6 Å². The van der Waals surface area contributed by atoms with Gasteiger partial charge in [-0.05, 0) is 80.6 Å². The monoisotopic (exact) mass is 569 g/mol. The number of methoxy groups -OCH3 is 1. The summed E-state index contributed by atoms with van der Waals surface area (Å²) in [6.45, 7) is 9.17. The zero-order valence-corrected chi connectivity index (χ0v) is 24.6. The summed E-state index contributed by atoms with van der Waals surface area (Å²) < 4.78 is 10.8. The molecule has 0 radical (unpaired) electrons. The van der Waals surface area contributed by atoms with Crippen molar-refractivity contribution in [2.75, 3.05) is 12.4 Å². The first kappa shape index (κ1) is 30.4. The Morgan fingerprint density at radius 2 is 1.69 bits per heavy atom. The molecule has 0 heterocycles. The molecule has 8 heteroatoms. The second kappa shape index (κ2) is 13.4. The molecule has 0 aromatic heterocycles. The third-order valence-corrected chi connectivity index (χ3v) is 6.81. The molecular formula is C34H39N3O5. The summed E-state index contributed by atoms with van der Waals surface area (Å²) in [6.07, 6.45) is 2.75. The predicted molar refractivity (Wildman–Crippen MR) is 164 cm³/mol. The lowest BCUT2D eigenvalue weighted by Crippen LogP contribution is -2.54. The second-order valence-electron chi connectivity index (χ2n) is 11.4. The van der Waals surface area contributed by atoms with Gasteiger partial charge in [0.2, 0.25) is 5.91 Å². The molecule has 1 fully saturated rings. The smallest absolute Gasteiger partial charge is 0.408 e. The molecule has 3 aromatic rings. The van der Waals surface area contributed by atoms with Gasteiger partial charge in [-0.15, -0.1) is 0 Å². The van der Waals surface area contributed by atoms with E-state index >= 15 is 0 Å². The van der Waals surface area contributed by atoms with Crippen LogP contribution in [0, 0.1) is 0 Å². The molecule has 2 N–H and O–H groups in total. The summed E-state index contributed by atoms with van der Waals surface area (Å²) in [7, 11) is 1.58. The Labute approximate surface area is 247 Å². The van der Waals surface area contributed by atoms with Crippen molar-refractivity contribution in [2.24, 2.45) is 0 Å². The maximum atomic E-state index is 14.5. The quantitative estimate of drug-likeness (QED) is 0.289. The van der Waals surface area contributed by atoms with E-state index in [4.69, 9.17) is 9.47 Å². The summed E-state index contributed by atoms with van der Waals surface area (Å²) in [5, 5.41) is 5.78. The molecule has 0 aliphatic heterocycles. The number of benzene rings is 3. The molecule has 220 valence electrons. The van der Waals surface area contributed by atoms with Gasteiger partial charge in [0.05, 0.1) is 7.11 Å². The zero-order valence-electron chi connectivity index (χ0n) is 24.6. The van der Waals surface area contributed by atoms with Crippen LogP contribution in [0.4, 0.5) is 10.5 Å². The summed E-state index contributed by atoms with van der Waals surface area (Å²) in [6, 6.07) is 21.8. The molecule has 2 atom stereocenters. The van der Waals surface area contributed by atoms with Gasteiger partial charge in [-0.3, -0.25) is 9.59 Å². The van der Waals surface area contributed by atoms with Gasteiger partial charge in [-0.1, -0.05) is 61.2 Å². The molecule has 4 rings (SSSR count). The normalized spacial score (nSPS) is 14.2. The number of alkyl carbamates (subject to hydrolysis) is 1. The third-order valence-electron chi connectivity index (χ3n) is 6.81. The van der Waals surface area contributed by atoms with Crippen LogP contribution >= 0.6 is 0 Å². The molecule has 0 bridgehead atoms. The lowest BCUT2D eigenvalue weighted by Gasteiger charge is -2.35. The van der Waals surface area contributed by atoms with Crippen molar-refractivity contribution in [2.45, 2.75) is 63.8 Å². The van der Waals surface area contributed by atoms with E-state index in [-0.39, 0.29) is 24.3 Å². The van der Waals surface area contributed by atoms with Crippen molar-refractivity contribution in [3.8, 4) is 5.75 Å². The molecule has 1 saturated carbocycles. The largest absolute Gasteiger partial charge is 0.497 e. The molecule has 1 aliphatic rings. The SMILES string of the molecule is C=Cc1cccc(C(C(=O)Nc2ccc(OC)cc2)N(C(=O)C(Cc2ccccc2)NC(=O)OC(C)(C)C)C2CC2)c1. The number of nitrogens with zero attached hydrogens (tertiary/aromatic N) is 1. The molecule has 1 aliphatic carbocycles. The van der Waals surface area contributed by atoms with Crippen molar-refractivity contribution in [3.05, 3.63) is 102 Å². The summed E-state index contributed by atoms with van der Waals surface area (Å²) in [5.74, 6) is -0.0570. The molecule has 2 unspecified atom stereocenters. The van der Waals surface area contributed by atoms with E-state index in [1.807, 2.05) is 54.6 Å². The first-order valence-electron chi connectivity index (χ1n) is 14.1. The van der Waals surface area contributed by atoms with Crippen LogP contribution in [0.25, 0.3) is 6.08 Å². The summed E-state index contributed by atoms with van der Waals surface area (Å²) >= 11 is 0. The summed E-state index contributed by atoms with van der Waals surface area (Å²) in [5.41, 5.74) is 2.17. The van der Waals surface area contributed by atoms with Crippen LogP contribution in [-0.2, 0) is 20.7 Å². The first-order valence-corrected chi connectivity index (χ1v) is 14.1. The number of nitrogens with one attached hydrogen (secondary N) is 2. The van der Waals surface area contributed by atoms with E-state index in [0.717, 1.165) is 24.0 Å². The molecule has 42 heavy (non-hydrogen) atoms. The molecule has 3 amide bonds. The topological polar surface area (TPSA) is 97.0 Å². The maximum Gasteiger partial charge on any atom is 0.408 e. The Kier molecular flexibility index (Phi) is 9.68. The number of amides is 3. The predicted octanol–water partition coefficient (Wildman–Crippen LogP) is 6.15. The van der Waals surface area contributed by atoms with Crippen LogP contribution in [0.15, 0.2) is 85.4 Å². The Morgan fingerprint density at radius 3 is 2.29 bits per heavy atom. The van der Waals surface area contributed by atoms with E-state index in [2.05, 4.69) is 17.2 Å². The van der Waals surface area contributed by atoms with E-state index in [9.17, 15) is 14.4 Å². The zero-order chi connectivity index (χ0) is 30.3. The Balaban J connectivity index is 1.72. The second-order valence-corrected chi connectivity index (χ2v) is 11.4. The minimum Gasteiger partial charge on any atom is -0.497 e. The van der Waals surface area contributed by atoms with Crippen LogP contribution < -0.4 is 15.4 Å². The average Bonchev–Trinajstić information content (AvgIpc) is 3.80. The van der Waals surface area contributed by atoms with E-state index in [0.29, 0.717) is 17.0 Å². The van der Waals surface area contributed by atoms with Gasteiger partial charge in [0.15, 0.2) is 0 Å². The molecule has 8 nitrogen and oxygen atoms in total. The fourth-order valence-corrected chi connectivity index (χ4v) is 4.73. The first-order chi connectivity index (χ1) is 20.1. The Hall–Kier alpha value is -4.59. The van der Waals surface area contributed by atoms with E-state index < -0.39 is 23.8 Å². The minimum atomic E-state index is -0.957. The third kappa shape index (κ3) is 8.22. The van der Waals surface area contributed by atoms with E-state index in [1.165, 1.54) is 0 Å². The van der Waals surface area contributed by atoms with Gasteiger partial charge in [-0.2, -0.15) is 0 Å². The van der Waals surface area contributed by atoms with Gasteiger partial charge in [0, 0.05) is 18.2 Å². The fraction of sp³-hybridized carbons (Fsp3) is 0.324. The van der Waals surface area contributed by atoms with Gasteiger partial charge in [-0.25, -0.2) is 4.79 Å². The van der Waals surface area contributed by atoms with E-state index in [1.54, 1.807) is 63.1 Å². The highest BCUT2D eigenvalue weighted by Gasteiger charge is 2.44. The van der Waals surface area contributed by atoms with Crippen molar-refractivity contribution < 1.29 is 23.9 Å². The molecule has 0 spiro atoms. The number of hydrogen-bond donors (Lipinski definition) is 2.